The maximum absolute atomic E-state index is 12.6. The Morgan fingerprint density at radius 2 is 2.00 bits per heavy atom. The van der Waals surface area contributed by atoms with Gasteiger partial charge in [-0.1, -0.05) is 17.7 Å². The van der Waals surface area contributed by atoms with Gasteiger partial charge < -0.3 is 9.30 Å². The van der Waals surface area contributed by atoms with Crippen LogP contribution >= 0.6 is 11.6 Å². The predicted molar refractivity (Wildman–Crippen MR) is 97.2 cm³/mol. The number of hydrogen-bond donors (Lipinski definition) is 1. The first-order chi connectivity index (χ1) is 12.0. The number of hydrogen-bond acceptors (Lipinski definition) is 4. The number of rotatable bonds is 6. The van der Waals surface area contributed by atoms with Crippen molar-refractivity contribution in [3.05, 3.63) is 53.3 Å². The second-order valence-corrected chi connectivity index (χ2v) is 8.22. The Morgan fingerprint density at radius 1 is 1.24 bits per heavy atom. The minimum atomic E-state index is -3.62. The third-order valence-corrected chi connectivity index (χ3v) is 6.04. The molecule has 0 spiro atoms. The van der Waals surface area contributed by atoms with E-state index in [9.17, 15) is 8.42 Å². The SMILES string of the molecule is Cn1cccc1C(CNS(=O)(=O)c1cccc(Cl)c1)N1CCOCC1. The number of nitrogens with one attached hydrogen (secondary N) is 1. The van der Waals surface area contributed by atoms with Gasteiger partial charge >= 0.3 is 0 Å². The van der Waals surface area contributed by atoms with E-state index >= 15 is 0 Å². The molecule has 1 atom stereocenters. The minimum Gasteiger partial charge on any atom is -0.379 e. The number of morpholine rings is 1. The Bertz CT molecular complexity index is 816. The molecule has 6 nitrogen and oxygen atoms in total. The van der Waals surface area contributed by atoms with Gasteiger partial charge in [-0.05, 0) is 30.3 Å². The van der Waals surface area contributed by atoms with Crippen molar-refractivity contribution in [1.82, 2.24) is 14.2 Å². The smallest absolute Gasteiger partial charge is 0.240 e. The van der Waals surface area contributed by atoms with Crippen molar-refractivity contribution in [2.75, 3.05) is 32.8 Å². The molecule has 3 rings (SSSR count). The molecule has 0 saturated carbocycles. The molecule has 1 aliphatic rings. The summed E-state index contributed by atoms with van der Waals surface area (Å²) in [5, 5.41) is 0.398. The molecule has 0 amide bonds. The van der Waals surface area contributed by atoms with Gasteiger partial charge in [-0.25, -0.2) is 13.1 Å². The first kappa shape index (κ1) is 18.4. The van der Waals surface area contributed by atoms with Crippen LogP contribution < -0.4 is 4.72 Å². The zero-order valence-corrected chi connectivity index (χ0v) is 15.6. The molecule has 1 fully saturated rings. The van der Waals surface area contributed by atoms with E-state index in [1.807, 2.05) is 29.9 Å². The number of ether oxygens (including phenoxy) is 1. The van der Waals surface area contributed by atoms with Crippen molar-refractivity contribution >= 4 is 21.6 Å². The summed E-state index contributed by atoms with van der Waals surface area (Å²) in [5.74, 6) is 0. The van der Waals surface area contributed by atoms with E-state index in [2.05, 4.69) is 9.62 Å². The van der Waals surface area contributed by atoms with E-state index in [1.165, 1.54) is 6.07 Å². The highest BCUT2D eigenvalue weighted by molar-refractivity contribution is 7.89. The van der Waals surface area contributed by atoms with Crippen molar-refractivity contribution in [2.45, 2.75) is 10.9 Å². The second-order valence-electron chi connectivity index (χ2n) is 6.02. The van der Waals surface area contributed by atoms with Crippen LogP contribution in [-0.2, 0) is 21.8 Å². The Labute approximate surface area is 153 Å². The number of halogens is 1. The van der Waals surface area contributed by atoms with E-state index in [0.29, 0.717) is 18.2 Å². The van der Waals surface area contributed by atoms with Crippen LogP contribution in [0.1, 0.15) is 11.7 Å². The Morgan fingerprint density at radius 3 is 2.64 bits per heavy atom. The van der Waals surface area contributed by atoms with Crippen LogP contribution in [0.15, 0.2) is 47.5 Å². The summed E-state index contributed by atoms with van der Waals surface area (Å²) < 4.78 is 35.4. The van der Waals surface area contributed by atoms with Gasteiger partial charge in [0.05, 0.1) is 24.2 Å². The molecular weight excluding hydrogens is 362 g/mol. The van der Waals surface area contributed by atoms with Crippen molar-refractivity contribution in [3.8, 4) is 0 Å². The molecule has 2 aromatic rings. The van der Waals surface area contributed by atoms with Gasteiger partial charge in [0.25, 0.3) is 0 Å². The van der Waals surface area contributed by atoms with Gasteiger partial charge in [0.2, 0.25) is 10.0 Å². The fourth-order valence-corrected chi connectivity index (χ4v) is 4.38. The lowest BCUT2D eigenvalue weighted by molar-refractivity contribution is 0.0158. The number of sulfonamides is 1. The van der Waals surface area contributed by atoms with Gasteiger partial charge in [-0.2, -0.15) is 0 Å². The first-order valence-corrected chi connectivity index (χ1v) is 10.0. The van der Waals surface area contributed by atoms with E-state index in [1.54, 1.807) is 18.2 Å². The van der Waals surface area contributed by atoms with Crippen molar-refractivity contribution in [1.29, 1.82) is 0 Å². The van der Waals surface area contributed by atoms with Crippen molar-refractivity contribution in [3.63, 3.8) is 0 Å². The molecule has 2 heterocycles. The van der Waals surface area contributed by atoms with Crippen molar-refractivity contribution < 1.29 is 13.2 Å². The average Bonchev–Trinajstić information content (AvgIpc) is 3.02. The zero-order chi connectivity index (χ0) is 17.9. The van der Waals surface area contributed by atoms with Gasteiger partial charge in [0.1, 0.15) is 0 Å². The van der Waals surface area contributed by atoms with Gasteiger partial charge in [0.15, 0.2) is 0 Å². The highest BCUT2D eigenvalue weighted by Gasteiger charge is 2.26. The topological polar surface area (TPSA) is 63.6 Å². The third-order valence-electron chi connectivity index (χ3n) is 4.38. The molecule has 25 heavy (non-hydrogen) atoms. The van der Waals surface area contributed by atoms with E-state index in [-0.39, 0.29) is 17.5 Å². The summed E-state index contributed by atoms with van der Waals surface area (Å²) in [6, 6.07) is 10.2. The van der Waals surface area contributed by atoms with E-state index < -0.39 is 10.0 Å². The van der Waals surface area contributed by atoms with Crippen LogP contribution in [0, 0.1) is 0 Å². The van der Waals surface area contributed by atoms with Gasteiger partial charge in [0, 0.05) is 43.6 Å². The molecule has 1 N–H and O–H groups in total. The fourth-order valence-electron chi connectivity index (χ4n) is 3.04. The van der Waals surface area contributed by atoms with Crippen molar-refractivity contribution in [2.24, 2.45) is 7.05 Å². The monoisotopic (exact) mass is 383 g/mol. The van der Waals surface area contributed by atoms with Crippen LogP contribution in [0.5, 0.6) is 0 Å². The Balaban J connectivity index is 1.79. The molecule has 1 aromatic heterocycles. The standard InChI is InChI=1S/C17H22ClN3O3S/c1-20-7-3-6-16(20)17(21-8-10-24-11-9-21)13-19-25(22,23)15-5-2-4-14(18)12-15/h2-7,12,17,19H,8-11,13H2,1H3. The summed E-state index contributed by atoms with van der Waals surface area (Å²) in [6.45, 7) is 3.14. The fraction of sp³-hybridized carbons (Fsp3) is 0.412. The van der Waals surface area contributed by atoms with Gasteiger partial charge in [-0.3, -0.25) is 4.90 Å². The largest absolute Gasteiger partial charge is 0.379 e. The summed E-state index contributed by atoms with van der Waals surface area (Å²) in [4.78, 5) is 2.42. The highest BCUT2D eigenvalue weighted by Crippen LogP contribution is 2.22. The lowest BCUT2D eigenvalue weighted by Crippen LogP contribution is -2.44. The van der Waals surface area contributed by atoms with Crippen LogP contribution in [0.2, 0.25) is 5.02 Å². The molecule has 1 aromatic carbocycles. The molecule has 0 radical (unpaired) electrons. The summed E-state index contributed by atoms with van der Waals surface area (Å²) in [7, 11) is -1.66. The molecule has 136 valence electrons. The second kappa shape index (κ2) is 7.88. The number of aromatic nitrogens is 1. The average molecular weight is 384 g/mol. The van der Waals surface area contributed by atoms with Crippen LogP contribution in [0.3, 0.4) is 0 Å². The highest BCUT2D eigenvalue weighted by atomic mass is 35.5. The summed E-state index contributed by atoms with van der Waals surface area (Å²) in [6.07, 6.45) is 1.97. The summed E-state index contributed by atoms with van der Waals surface area (Å²) in [5.41, 5.74) is 1.07. The first-order valence-electron chi connectivity index (χ1n) is 8.15. The van der Waals surface area contributed by atoms with E-state index in [0.717, 1.165) is 18.8 Å². The molecular formula is C17H22ClN3O3S. The van der Waals surface area contributed by atoms with Crippen LogP contribution in [0.25, 0.3) is 0 Å². The molecule has 1 saturated heterocycles. The number of benzene rings is 1. The predicted octanol–water partition coefficient (Wildman–Crippen LogP) is 2.03. The maximum Gasteiger partial charge on any atom is 0.240 e. The minimum absolute atomic E-state index is 0.0575. The number of nitrogens with zero attached hydrogens (tertiary/aromatic N) is 2. The molecule has 8 heteroatoms. The molecule has 1 unspecified atom stereocenters. The third kappa shape index (κ3) is 4.43. The molecule has 0 aliphatic carbocycles. The zero-order valence-electron chi connectivity index (χ0n) is 14.1. The molecule has 1 aliphatic heterocycles. The number of aryl methyl sites for hydroxylation is 1. The normalized spacial score (nSPS) is 17.5. The van der Waals surface area contributed by atoms with Gasteiger partial charge in [-0.15, -0.1) is 0 Å². The Hall–Kier alpha value is -1.38. The maximum atomic E-state index is 12.6. The summed E-state index contributed by atoms with van der Waals surface area (Å²) >= 11 is 5.92. The van der Waals surface area contributed by atoms with Crippen LogP contribution in [-0.4, -0.2) is 50.7 Å². The van der Waals surface area contributed by atoms with Crippen LogP contribution in [0.4, 0.5) is 0 Å². The lowest BCUT2D eigenvalue weighted by Gasteiger charge is -2.34. The lowest BCUT2D eigenvalue weighted by atomic mass is 10.1. The quantitative estimate of drug-likeness (QED) is 0.829. The van der Waals surface area contributed by atoms with E-state index in [4.69, 9.17) is 16.3 Å². The molecule has 0 bridgehead atoms. The Kier molecular flexibility index (Phi) is 5.81.